The Kier molecular flexibility index (Phi) is 3.29. The summed E-state index contributed by atoms with van der Waals surface area (Å²) in [6, 6.07) is 8.00. The minimum atomic E-state index is -0.0249. The average Bonchev–Trinajstić information content (AvgIpc) is 2.04. The van der Waals surface area contributed by atoms with Gasteiger partial charge in [0.05, 0.1) is 0 Å². The van der Waals surface area contributed by atoms with Crippen LogP contribution in [0.25, 0.3) is 0 Å². The number of benzene rings is 1. The van der Waals surface area contributed by atoms with Crippen molar-refractivity contribution in [3.63, 3.8) is 0 Å². The Morgan fingerprint density at radius 3 is 2.55 bits per heavy atom. The smallest absolute Gasteiger partial charge is 0.0430 e. The van der Waals surface area contributed by atoms with E-state index in [1.807, 2.05) is 24.3 Å². The fourth-order valence-corrected chi connectivity index (χ4v) is 1.69. The Hall–Kier alpha value is -0.130. The first-order chi connectivity index (χ1) is 5.25. The summed E-state index contributed by atoms with van der Waals surface area (Å²) in [5, 5.41) is 0. The summed E-state index contributed by atoms with van der Waals surface area (Å²) >= 11 is 2.26. The van der Waals surface area contributed by atoms with E-state index in [9.17, 15) is 0 Å². The SMILES string of the molecule is NC[C@H](N)c1ccccc1I. The highest BCUT2D eigenvalue weighted by Crippen LogP contribution is 2.16. The molecule has 0 heterocycles. The first kappa shape index (κ1) is 8.96. The fraction of sp³-hybridized carbons (Fsp3) is 0.250. The molecule has 0 radical (unpaired) electrons. The lowest BCUT2D eigenvalue weighted by atomic mass is 10.1. The summed E-state index contributed by atoms with van der Waals surface area (Å²) in [5.41, 5.74) is 12.3. The summed E-state index contributed by atoms with van der Waals surface area (Å²) in [6.45, 7) is 0.500. The van der Waals surface area contributed by atoms with Gasteiger partial charge in [-0.2, -0.15) is 0 Å². The van der Waals surface area contributed by atoms with Crippen molar-refractivity contribution in [2.75, 3.05) is 6.54 Å². The molecule has 0 aliphatic heterocycles. The van der Waals surface area contributed by atoms with Gasteiger partial charge in [-0.15, -0.1) is 0 Å². The first-order valence-electron chi connectivity index (χ1n) is 3.45. The highest BCUT2D eigenvalue weighted by atomic mass is 127. The molecule has 0 unspecified atom stereocenters. The van der Waals surface area contributed by atoms with Gasteiger partial charge in [0.25, 0.3) is 0 Å². The highest BCUT2D eigenvalue weighted by molar-refractivity contribution is 14.1. The number of rotatable bonds is 2. The third-order valence-electron chi connectivity index (χ3n) is 1.56. The van der Waals surface area contributed by atoms with E-state index in [1.165, 1.54) is 3.57 Å². The summed E-state index contributed by atoms with van der Waals surface area (Å²) < 4.78 is 1.18. The topological polar surface area (TPSA) is 52.0 Å². The summed E-state index contributed by atoms with van der Waals surface area (Å²) in [6.07, 6.45) is 0. The maximum atomic E-state index is 5.77. The summed E-state index contributed by atoms with van der Waals surface area (Å²) in [4.78, 5) is 0. The molecule has 0 spiro atoms. The number of hydrogen-bond donors (Lipinski definition) is 2. The van der Waals surface area contributed by atoms with E-state index in [2.05, 4.69) is 22.6 Å². The van der Waals surface area contributed by atoms with Gasteiger partial charge in [0, 0.05) is 16.2 Å². The molecule has 0 saturated heterocycles. The molecule has 0 fully saturated rings. The Labute approximate surface area is 80.1 Å². The molecule has 0 aliphatic carbocycles. The Morgan fingerprint density at radius 2 is 2.00 bits per heavy atom. The van der Waals surface area contributed by atoms with Gasteiger partial charge in [0.2, 0.25) is 0 Å². The first-order valence-corrected chi connectivity index (χ1v) is 4.53. The lowest BCUT2D eigenvalue weighted by Gasteiger charge is -2.10. The van der Waals surface area contributed by atoms with Crippen LogP contribution < -0.4 is 11.5 Å². The van der Waals surface area contributed by atoms with E-state index < -0.39 is 0 Å². The maximum absolute atomic E-state index is 5.77. The molecule has 0 aliphatic rings. The van der Waals surface area contributed by atoms with Crippen LogP contribution in [0.15, 0.2) is 24.3 Å². The lowest BCUT2D eigenvalue weighted by molar-refractivity contribution is 0.733. The number of nitrogens with two attached hydrogens (primary N) is 2. The third kappa shape index (κ3) is 2.15. The van der Waals surface area contributed by atoms with Gasteiger partial charge >= 0.3 is 0 Å². The second-order valence-electron chi connectivity index (χ2n) is 2.36. The highest BCUT2D eigenvalue weighted by Gasteiger charge is 2.05. The van der Waals surface area contributed by atoms with Gasteiger partial charge < -0.3 is 11.5 Å². The van der Waals surface area contributed by atoms with Crippen LogP contribution in [0.2, 0.25) is 0 Å². The zero-order valence-corrected chi connectivity index (χ0v) is 8.28. The van der Waals surface area contributed by atoms with Crippen LogP contribution in [-0.4, -0.2) is 6.54 Å². The molecule has 60 valence electrons. The Balaban J connectivity index is 2.93. The van der Waals surface area contributed by atoms with Gasteiger partial charge in [-0.1, -0.05) is 18.2 Å². The van der Waals surface area contributed by atoms with Crippen LogP contribution in [0.5, 0.6) is 0 Å². The van der Waals surface area contributed by atoms with Crippen molar-refractivity contribution in [3.05, 3.63) is 33.4 Å². The molecule has 0 bridgehead atoms. The van der Waals surface area contributed by atoms with E-state index in [1.54, 1.807) is 0 Å². The minimum Gasteiger partial charge on any atom is -0.329 e. The van der Waals surface area contributed by atoms with E-state index in [0.29, 0.717) is 6.54 Å². The van der Waals surface area contributed by atoms with Crippen LogP contribution in [0.1, 0.15) is 11.6 Å². The second-order valence-corrected chi connectivity index (χ2v) is 3.53. The largest absolute Gasteiger partial charge is 0.329 e. The van der Waals surface area contributed by atoms with Gasteiger partial charge in [-0.3, -0.25) is 0 Å². The van der Waals surface area contributed by atoms with Crippen LogP contribution in [-0.2, 0) is 0 Å². The van der Waals surface area contributed by atoms with Crippen molar-refractivity contribution in [1.29, 1.82) is 0 Å². The summed E-state index contributed by atoms with van der Waals surface area (Å²) in [5.74, 6) is 0. The fourth-order valence-electron chi connectivity index (χ4n) is 0.903. The Bertz CT molecular complexity index is 237. The minimum absolute atomic E-state index is 0.0249. The maximum Gasteiger partial charge on any atom is 0.0430 e. The molecule has 1 atom stereocenters. The standard InChI is InChI=1S/C8H11IN2/c9-7-4-2-1-3-6(7)8(11)5-10/h1-4,8H,5,10-11H2/t8-/m0/s1. The zero-order chi connectivity index (χ0) is 8.27. The Morgan fingerprint density at radius 1 is 1.36 bits per heavy atom. The van der Waals surface area contributed by atoms with Crippen molar-refractivity contribution < 1.29 is 0 Å². The molecule has 0 amide bonds. The molecule has 4 N–H and O–H groups in total. The number of halogens is 1. The monoisotopic (exact) mass is 262 g/mol. The molecule has 0 saturated carbocycles. The van der Waals surface area contributed by atoms with Crippen LogP contribution >= 0.6 is 22.6 Å². The zero-order valence-electron chi connectivity index (χ0n) is 6.13. The van der Waals surface area contributed by atoms with Crippen molar-refractivity contribution in [2.45, 2.75) is 6.04 Å². The predicted molar refractivity (Wildman–Crippen MR) is 55.1 cm³/mol. The van der Waals surface area contributed by atoms with E-state index in [4.69, 9.17) is 11.5 Å². The molecule has 1 aromatic rings. The van der Waals surface area contributed by atoms with Crippen LogP contribution in [0.3, 0.4) is 0 Å². The third-order valence-corrected chi connectivity index (χ3v) is 2.54. The van der Waals surface area contributed by atoms with Crippen molar-refractivity contribution in [1.82, 2.24) is 0 Å². The molecular weight excluding hydrogens is 251 g/mol. The van der Waals surface area contributed by atoms with E-state index >= 15 is 0 Å². The van der Waals surface area contributed by atoms with Crippen molar-refractivity contribution in [2.24, 2.45) is 11.5 Å². The van der Waals surface area contributed by atoms with Crippen LogP contribution in [0, 0.1) is 3.57 Å². The molecule has 1 aromatic carbocycles. The molecular formula is C8H11IN2. The van der Waals surface area contributed by atoms with Gasteiger partial charge in [-0.05, 0) is 34.2 Å². The van der Waals surface area contributed by atoms with Gasteiger partial charge in [0.15, 0.2) is 0 Å². The number of hydrogen-bond acceptors (Lipinski definition) is 2. The van der Waals surface area contributed by atoms with Crippen LogP contribution in [0.4, 0.5) is 0 Å². The molecule has 0 aromatic heterocycles. The summed E-state index contributed by atoms with van der Waals surface area (Å²) in [7, 11) is 0. The van der Waals surface area contributed by atoms with E-state index in [-0.39, 0.29) is 6.04 Å². The van der Waals surface area contributed by atoms with Crippen molar-refractivity contribution >= 4 is 22.6 Å². The quantitative estimate of drug-likeness (QED) is 0.788. The average molecular weight is 262 g/mol. The van der Waals surface area contributed by atoms with Gasteiger partial charge in [-0.25, -0.2) is 0 Å². The van der Waals surface area contributed by atoms with E-state index in [0.717, 1.165) is 5.56 Å². The molecule has 1 rings (SSSR count). The molecule has 11 heavy (non-hydrogen) atoms. The second kappa shape index (κ2) is 4.04. The van der Waals surface area contributed by atoms with Gasteiger partial charge in [0.1, 0.15) is 0 Å². The lowest BCUT2D eigenvalue weighted by Crippen LogP contribution is -2.21. The predicted octanol–water partition coefficient (Wildman–Crippen LogP) is 1.25. The molecule has 2 nitrogen and oxygen atoms in total. The molecule has 3 heteroatoms. The normalized spacial score (nSPS) is 13.0. The van der Waals surface area contributed by atoms with Crippen molar-refractivity contribution in [3.8, 4) is 0 Å².